The molecule has 9 heteroatoms. The predicted octanol–water partition coefficient (Wildman–Crippen LogP) is 3.24. The van der Waals surface area contributed by atoms with Gasteiger partial charge in [0.1, 0.15) is 5.82 Å². The van der Waals surface area contributed by atoms with Crippen molar-refractivity contribution < 1.29 is 9.59 Å². The molecule has 2 aliphatic heterocycles. The number of primary amides is 1. The van der Waals surface area contributed by atoms with Crippen molar-refractivity contribution in [3.63, 3.8) is 0 Å². The van der Waals surface area contributed by atoms with E-state index in [0.717, 1.165) is 28.7 Å². The smallest absolute Gasteiger partial charge is 0.315 e. The summed E-state index contributed by atoms with van der Waals surface area (Å²) in [6.07, 6.45) is 1.37. The van der Waals surface area contributed by atoms with Gasteiger partial charge in [-0.15, -0.1) is 0 Å². The largest absolute Gasteiger partial charge is 0.384 e. The van der Waals surface area contributed by atoms with Crippen LogP contribution in [0.5, 0.6) is 0 Å². The zero-order valence-electron chi connectivity index (χ0n) is 18.0. The van der Waals surface area contributed by atoms with Crippen molar-refractivity contribution in [1.82, 2.24) is 9.88 Å². The maximum atomic E-state index is 13.2. The normalized spacial score (nSPS) is 20.8. The average molecular weight is 465 g/mol. The third-order valence-corrected chi connectivity index (χ3v) is 6.85. The van der Waals surface area contributed by atoms with Crippen LogP contribution in [0, 0.1) is 5.92 Å². The Balaban J connectivity index is 1.49. The van der Waals surface area contributed by atoms with Crippen LogP contribution in [0.1, 0.15) is 12.0 Å². The molecule has 3 heterocycles. The predicted molar refractivity (Wildman–Crippen MR) is 130 cm³/mol. The second kappa shape index (κ2) is 8.44. The van der Waals surface area contributed by atoms with Gasteiger partial charge in [-0.3, -0.25) is 4.79 Å². The highest BCUT2D eigenvalue weighted by molar-refractivity contribution is 6.31. The second-order valence-electron chi connectivity index (χ2n) is 8.56. The number of hydrogen-bond donors (Lipinski definition) is 3. The van der Waals surface area contributed by atoms with Crippen molar-refractivity contribution >= 4 is 51.6 Å². The summed E-state index contributed by atoms with van der Waals surface area (Å²) in [5, 5.41) is 4.54. The fourth-order valence-corrected chi connectivity index (χ4v) is 5.17. The van der Waals surface area contributed by atoms with E-state index in [1.54, 1.807) is 11.0 Å². The van der Waals surface area contributed by atoms with Crippen LogP contribution in [-0.2, 0) is 11.2 Å². The molecular weight excluding hydrogens is 440 g/mol. The average Bonchev–Trinajstić information content (AvgIpc) is 2.95. The second-order valence-corrected chi connectivity index (χ2v) is 9.00. The van der Waals surface area contributed by atoms with Gasteiger partial charge in [0.25, 0.3) is 0 Å². The molecule has 2 aliphatic rings. The molecular formula is C24H25ClN6O2. The molecule has 0 bridgehead atoms. The molecule has 3 amide bonds. The summed E-state index contributed by atoms with van der Waals surface area (Å²) in [6, 6.07) is 14.3. The zero-order chi connectivity index (χ0) is 23.1. The molecule has 3 aromatic rings. The number of para-hydroxylation sites is 1. The Bertz CT molecular complexity index is 1240. The molecule has 33 heavy (non-hydrogen) atoms. The van der Waals surface area contributed by atoms with Crippen LogP contribution in [0.3, 0.4) is 0 Å². The number of hydrogen-bond acceptors (Lipinski definition) is 5. The summed E-state index contributed by atoms with van der Waals surface area (Å²) in [5.74, 6) is -0.104. The SMILES string of the molecule is NC(=O)N1CCN(c2cc(N)nc3cc(Cl)ccc23)CC1[C@@H]1CCc2ccccc2NC1=O. The Morgan fingerprint density at radius 1 is 1.15 bits per heavy atom. The maximum absolute atomic E-state index is 13.2. The molecule has 5 N–H and O–H groups in total. The molecule has 170 valence electrons. The minimum absolute atomic E-state index is 0.0936. The van der Waals surface area contributed by atoms with Gasteiger partial charge in [0, 0.05) is 47.5 Å². The first kappa shape index (κ1) is 21.3. The van der Waals surface area contributed by atoms with Gasteiger partial charge in [-0.2, -0.15) is 0 Å². The van der Waals surface area contributed by atoms with E-state index in [4.69, 9.17) is 23.1 Å². The quantitative estimate of drug-likeness (QED) is 0.538. The number of piperazine rings is 1. The third-order valence-electron chi connectivity index (χ3n) is 6.61. The molecule has 2 aromatic carbocycles. The lowest BCUT2D eigenvalue weighted by Gasteiger charge is -2.44. The van der Waals surface area contributed by atoms with E-state index in [1.807, 2.05) is 42.5 Å². The van der Waals surface area contributed by atoms with Crippen LogP contribution in [0.4, 0.5) is 22.0 Å². The van der Waals surface area contributed by atoms with Crippen LogP contribution in [-0.4, -0.2) is 47.5 Å². The van der Waals surface area contributed by atoms with Crippen molar-refractivity contribution in [3.05, 3.63) is 59.1 Å². The standard InChI is InChI=1S/C24H25ClN6O2/c25-15-6-8-16-19(11-15)28-22(26)12-20(16)30-9-10-31(24(27)33)21(13-30)17-7-5-14-3-1-2-4-18(14)29-23(17)32/h1-4,6,8,11-12,17,21H,5,7,9-10,13H2,(H2,26,28)(H2,27,33)(H,29,32)/t17-,21?/m0/s1. The van der Waals surface area contributed by atoms with Gasteiger partial charge in [0.15, 0.2) is 0 Å². The molecule has 0 radical (unpaired) electrons. The van der Waals surface area contributed by atoms with Gasteiger partial charge in [-0.05, 0) is 42.7 Å². The minimum Gasteiger partial charge on any atom is -0.384 e. The van der Waals surface area contributed by atoms with Crippen LogP contribution in [0.15, 0.2) is 48.5 Å². The van der Waals surface area contributed by atoms with Gasteiger partial charge in [0.2, 0.25) is 5.91 Å². The van der Waals surface area contributed by atoms with Crippen LogP contribution in [0.2, 0.25) is 5.02 Å². The first-order chi connectivity index (χ1) is 15.9. The lowest BCUT2D eigenvalue weighted by molar-refractivity contribution is -0.121. The van der Waals surface area contributed by atoms with Crippen molar-refractivity contribution in [2.24, 2.45) is 11.7 Å². The first-order valence-corrected chi connectivity index (χ1v) is 11.3. The van der Waals surface area contributed by atoms with Gasteiger partial charge in [-0.25, -0.2) is 9.78 Å². The lowest BCUT2D eigenvalue weighted by atomic mass is 9.90. The van der Waals surface area contributed by atoms with Crippen LogP contribution >= 0.6 is 11.6 Å². The Kier molecular flexibility index (Phi) is 5.46. The number of pyridine rings is 1. The maximum Gasteiger partial charge on any atom is 0.315 e. The summed E-state index contributed by atoms with van der Waals surface area (Å²) in [7, 11) is 0. The summed E-state index contributed by atoms with van der Waals surface area (Å²) >= 11 is 6.16. The van der Waals surface area contributed by atoms with Crippen LogP contribution in [0.25, 0.3) is 10.9 Å². The van der Waals surface area contributed by atoms with Crippen molar-refractivity contribution in [1.29, 1.82) is 0 Å². The van der Waals surface area contributed by atoms with Gasteiger partial charge < -0.3 is 26.6 Å². The van der Waals surface area contributed by atoms with Gasteiger partial charge in [0.05, 0.1) is 17.5 Å². The highest BCUT2D eigenvalue weighted by Gasteiger charge is 2.40. The summed E-state index contributed by atoms with van der Waals surface area (Å²) in [6.45, 7) is 1.43. The molecule has 8 nitrogen and oxygen atoms in total. The number of carbonyl (C=O) groups is 2. The van der Waals surface area contributed by atoms with Crippen molar-refractivity contribution in [3.8, 4) is 0 Å². The number of nitrogens with two attached hydrogens (primary N) is 2. The zero-order valence-corrected chi connectivity index (χ0v) is 18.8. The molecule has 2 atom stereocenters. The summed E-state index contributed by atoms with van der Waals surface area (Å²) < 4.78 is 0. The van der Waals surface area contributed by atoms with E-state index in [0.29, 0.717) is 42.4 Å². The Labute approximate surface area is 196 Å². The van der Waals surface area contributed by atoms with Crippen LogP contribution < -0.4 is 21.7 Å². The fourth-order valence-electron chi connectivity index (χ4n) is 5.01. The highest BCUT2D eigenvalue weighted by atomic mass is 35.5. The molecule has 5 rings (SSSR count). The number of aryl methyl sites for hydroxylation is 1. The molecule has 1 saturated heterocycles. The number of fused-ring (bicyclic) bond motifs is 2. The molecule has 1 unspecified atom stereocenters. The first-order valence-electron chi connectivity index (χ1n) is 11.0. The summed E-state index contributed by atoms with van der Waals surface area (Å²) in [5.41, 5.74) is 15.4. The van der Waals surface area contributed by atoms with E-state index in [9.17, 15) is 9.59 Å². The van der Waals surface area contributed by atoms with E-state index in [1.165, 1.54) is 0 Å². The number of rotatable bonds is 2. The number of anilines is 3. The third kappa shape index (κ3) is 4.02. The minimum atomic E-state index is -0.514. The number of urea groups is 1. The van der Waals surface area contributed by atoms with E-state index in [2.05, 4.69) is 15.2 Å². The number of nitrogen functional groups attached to an aromatic ring is 1. The molecule has 0 saturated carbocycles. The number of nitrogens with zero attached hydrogens (tertiary/aromatic N) is 3. The number of nitrogens with one attached hydrogen (secondary N) is 1. The molecule has 0 aliphatic carbocycles. The van der Waals surface area contributed by atoms with Gasteiger partial charge >= 0.3 is 6.03 Å². The van der Waals surface area contributed by atoms with Crippen molar-refractivity contribution in [2.45, 2.75) is 18.9 Å². The highest BCUT2D eigenvalue weighted by Crippen LogP contribution is 2.34. The topological polar surface area (TPSA) is 118 Å². The Hall–Kier alpha value is -3.52. The number of benzene rings is 2. The summed E-state index contributed by atoms with van der Waals surface area (Å²) in [4.78, 5) is 33.7. The van der Waals surface area contributed by atoms with E-state index < -0.39 is 11.9 Å². The fraction of sp³-hybridized carbons (Fsp3) is 0.292. The number of amides is 3. The lowest BCUT2D eigenvalue weighted by Crippen LogP contribution is -2.60. The number of aromatic nitrogens is 1. The molecule has 1 fully saturated rings. The van der Waals surface area contributed by atoms with Crippen molar-refractivity contribution in [2.75, 3.05) is 35.6 Å². The van der Waals surface area contributed by atoms with E-state index in [-0.39, 0.29) is 11.9 Å². The van der Waals surface area contributed by atoms with E-state index >= 15 is 0 Å². The molecule has 0 spiro atoms. The number of carbonyl (C=O) groups excluding carboxylic acids is 2. The Morgan fingerprint density at radius 3 is 2.79 bits per heavy atom. The Morgan fingerprint density at radius 2 is 1.97 bits per heavy atom. The molecule has 1 aromatic heterocycles. The van der Waals surface area contributed by atoms with Gasteiger partial charge in [-0.1, -0.05) is 29.8 Å². The monoisotopic (exact) mass is 464 g/mol. The number of halogens is 1.